The summed E-state index contributed by atoms with van der Waals surface area (Å²) in [7, 11) is 0. The first-order chi connectivity index (χ1) is 10.2. The summed E-state index contributed by atoms with van der Waals surface area (Å²) in [5.74, 6) is 2.14. The molecule has 0 saturated heterocycles. The van der Waals surface area contributed by atoms with Crippen LogP contribution in [0.15, 0.2) is 42.4 Å². The van der Waals surface area contributed by atoms with Crippen molar-refractivity contribution in [3.8, 4) is 0 Å². The molecule has 3 atom stereocenters. The first kappa shape index (κ1) is 14.2. The second-order valence-electron chi connectivity index (χ2n) is 6.35. The van der Waals surface area contributed by atoms with E-state index < -0.39 is 0 Å². The standard InChI is InChI=1S/C18H22N2O/c1-13(18-8-9-19-12-20-18)10-14-2-3-16(11-14)15-4-6-17(21)7-5-15/h4-6,8-9,12-14,16H,2-3,7,10-11H2,1H3/t13?,14?,16-/m0/s1. The Bertz CT molecular complexity index is 562. The molecule has 1 aromatic heterocycles. The maximum atomic E-state index is 11.2. The van der Waals surface area contributed by atoms with Crippen molar-refractivity contribution >= 4 is 5.78 Å². The number of rotatable bonds is 4. The zero-order valence-electron chi connectivity index (χ0n) is 12.5. The number of carbonyl (C=O) groups is 1. The summed E-state index contributed by atoms with van der Waals surface area (Å²) in [5, 5.41) is 0. The highest BCUT2D eigenvalue weighted by Gasteiger charge is 2.28. The molecule has 0 bridgehead atoms. The third kappa shape index (κ3) is 3.46. The Hall–Kier alpha value is -1.77. The van der Waals surface area contributed by atoms with E-state index in [9.17, 15) is 4.79 Å². The number of aromatic nitrogens is 2. The van der Waals surface area contributed by atoms with Crippen LogP contribution >= 0.6 is 0 Å². The maximum Gasteiger partial charge on any atom is 0.159 e. The summed E-state index contributed by atoms with van der Waals surface area (Å²) in [6.45, 7) is 2.26. The molecule has 0 aromatic carbocycles. The summed E-state index contributed by atoms with van der Waals surface area (Å²) in [4.78, 5) is 19.6. The van der Waals surface area contributed by atoms with Gasteiger partial charge in [-0.1, -0.05) is 19.1 Å². The Morgan fingerprint density at radius 2 is 2.24 bits per heavy atom. The van der Waals surface area contributed by atoms with E-state index in [2.05, 4.69) is 23.0 Å². The van der Waals surface area contributed by atoms with Gasteiger partial charge in [-0.05, 0) is 61.2 Å². The van der Waals surface area contributed by atoms with Crippen molar-refractivity contribution in [2.24, 2.45) is 11.8 Å². The van der Waals surface area contributed by atoms with Crippen LogP contribution in [0.5, 0.6) is 0 Å². The van der Waals surface area contributed by atoms with Crippen LogP contribution in [0.2, 0.25) is 0 Å². The molecule has 3 nitrogen and oxygen atoms in total. The van der Waals surface area contributed by atoms with E-state index in [0.717, 1.165) is 11.6 Å². The third-order valence-electron chi connectivity index (χ3n) is 4.81. The largest absolute Gasteiger partial charge is 0.295 e. The number of hydrogen-bond acceptors (Lipinski definition) is 3. The molecule has 1 saturated carbocycles. The zero-order valence-corrected chi connectivity index (χ0v) is 12.5. The zero-order chi connectivity index (χ0) is 14.7. The average Bonchev–Trinajstić information content (AvgIpc) is 2.97. The minimum absolute atomic E-state index is 0.227. The smallest absolute Gasteiger partial charge is 0.159 e. The fraction of sp³-hybridized carbons (Fsp3) is 0.500. The Labute approximate surface area is 126 Å². The van der Waals surface area contributed by atoms with E-state index in [1.54, 1.807) is 12.4 Å². The summed E-state index contributed by atoms with van der Waals surface area (Å²) < 4.78 is 0. The van der Waals surface area contributed by atoms with Crippen molar-refractivity contribution in [3.05, 3.63) is 48.1 Å². The SMILES string of the molecule is CC(CC1CC[C@H](C2=CCC(=O)C=C2)C1)c1ccncn1. The van der Waals surface area contributed by atoms with Crippen LogP contribution in [0.3, 0.4) is 0 Å². The van der Waals surface area contributed by atoms with Crippen LogP contribution in [-0.2, 0) is 4.79 Å². The number of hydrogen-bond donors (Lipinski definition) is 0. The molecule has 1 aromatic rings. The molecular formula is C18H22N2O. The Morgan fingerprint density at radius 3 is 2.95 bits per heavy atom. The average molecular weight is 282 g/mol. The van der Waals surface area contributed by atoms with Gasteiger partial charge in [0.1, 0.15) is 6.33 Å². The normalized spacial score (nSPS) is 26.7. The fourth-order valence-corrected chi connectivity index (χ4v) is 3.65. The molecule has 2 unspecified atom stereocenters. The minimum atomic E-state index is 0.227. The highest BCUT2D eigenvalue weighted by Crippen LogP contribution is 2.41. The van der Waals surface area contributed by atoms with Crippen molar-refractivity contribution in [1.29, 1.82) is 0 Å². The molecule has 0 radical (unpaired) electrons. The van der Waals surface area contributed by atoms with Crippen molar-refractivity contribution < 1.29 is 4.79 Å². The lowest BCUT2D eigenvalue weighted by Gasteiger charge is -2.17. The molecule has 3 heteroatoms. The summed E-state index contributed by atoms with van der Waals surface area (Å²) >= 11 is 0. The van der Waals surface area contributed by atoms with Crippen LogP contribution < -0.4 is 0 Å². The Kier molecular flexibility index (Phi) is 4.28. The highest BCUT2D eigenvalue weighted by atomic mass is 16.1. The van der Waals surface area contributed by atoms with E-state index >= 15 is 0 Å². The second-order valence-corrected chi connectivity index (χ2v) is 6.35. The minimum Gasteiger partial charge on any atom is -0.295 e. The van der Waals surface area contributed by atoms with Gasteiger partial charge >= 0.3 is 0 Å². The first-order valence-electron chi connectivity index (χ1n) is 7.89. The van der Waals surface area contributed by atoms with Gasteiger partial charge in [0.15, 0.2) is 5.78 Å². The van der Waals surface area contributed by atoms with Gasteiger partial charge in [-0.3, -0.25) is 4.79 Å². The quantitative estimate of drug-likeness (QED) is 0.842. The van der Waals surface area contributed by atoms with Gasteiger partial charge < -0.3 is 0 Å². The molecule has 2 aliphatic rings. The van der Waals surface area contributed by atoms with Crippen LogP contribution in [0, 0.1) is 11.8 Å². The number of ketones is 1. The first-order valence-corrected chi connectivity index (χ1v) is 7.89. The molecule has 21 heavy (non-hydrogen) atoms. The van der Waals surface area contributed by atoms with Gasteiger partial charge in [0.25, 0.3) is 0 Å². The van der Waals surface area contributed by atoms with Crippen molar-refractivity contribution in [1.82, 2.24) is 9.97 Å². The molecule has 1 heterocycles. The molecule has 0 spiro atoms. The van der Waals surface area contributed by atoms with E-state index in [1.807, 2.05) is 18.3 Å². The molecule has 0 aliphatic heterocycles. The maximum absolute atomic E-state index is 11.2. The topological polar surface area (TPSA) is 42.9 Å². The number of nitrogens with zero attached hydrogens (tertiary/aromatic N) is 2. The van der Waals surface area contributed by atoms with E-state index in [-0.39, 0.29) is 5.78 Å². The molecule has 0 amide bonds. The van der Waals surface area contributed by atoms with Gasteiger partial charge in [0.05, 0.1) is 0 Å². The van der Waals surface area contributed by atoms with Crippen molar-refractivity contribution in [3.63, 3.8) is 0 Å². The number of allylic oxidation sites excluding steroid dienone is 4. The van der Waals surface area contributed by atoms with E-state index in [1.165, 1.54) is 31.3 Å². The van der Waals surface area contributed by atoms with Crippen molar-refractivity contribution in [2.75, 3.05) is 0 Å². The highest BCUT2D eigenvalue weighted by molar-refractivity contribution is 5.92. The lowest BCUT2D eigenvalue weighted by Crippen LogP contribution is -2.06. The molecular weight excluding hydrogens is 260 g/mol. The predicted octanol–water partition coefficient (Wildman–Crippen LogP) is 3.84. The lowest BCUT2D eigenvalue weighted by molar-refractivity contribution is -0.113. The predicted molar refractivity (Wildman–Crippen MR) is 82.7 cm³/mol. The Morgan fingerprint density at radius 1 is 1.33 bits per heavy atom. The van der Waals surface area contributed by atoms with E-state index in [4.69, 9.17) is 0 Å². The summed E-state index contributed by atoms with van der Waals surface area (Å²) in [6.07, 6.45) is 14.9. The molecule has 110 valence electrons. The second kappa shape index (κ2) is 6.33. The fourth-order valence-electron chi connectivity index (χ4n) is 3.65. The molecule has 0 N–H and O–H groups in total. The van der Waals surface area contributed by atoms with Crippen LogP contribution in [0.25, 0.3) is 0 Å². The van der Waals surface area contributed by atoms with Crippen LogP contribution in [0.4, 0.5) is 0 Å². The van der Waals surface area contributed by atoms with Crippen LogP contribution in [-0.4, -0.2) is 15.8 Å². The molecule has 1 fully saturated rings. The Balaban J connectivity index is 1.55. The van der Waals surface area contributed by atoms with Crippen LogP contribution in [0.1, 0.15) is 50.6 Å². The number of carbonyl (C=O) groups excluding carboxylic acids is 1. The van der Waals surface area contributed by atoms with Gasteiger partial charge in [0, 0.05) is 18.3 Å². The van der Waals surface area contributed by atoms with Gasteiger partial charge in [-0.2, -0.15) is 0 Å². The molecule has 2 aliphatic carbocycles. The summed E-state index contributed by atoms with van der Waals surface area (Å²) in [6, 6.07) is 2.02. The third-order valence-corrected chi connectivity index (χ3v) is 4.81. The van der Waals surface area contributed by atoms with Gasteiger partial charge in [-0.25, -0.2) is 9.97 Å². The lowest BCUT2D eigenvalue weighted by atomic mass is 9.88. The molecule has 3 rings (SSSR count). The summed E-state index contributed by atoms with van der Waals surface area (Å²) in [5.41, 5.74) is 2.53. The van der Waals surface area contributed by atoms with Gasteiger partial charge in [0.2, 0.25) is 0 Å². The van der Waals surface area contributed by atoms with Crippen molar-refractivity contribution in [2.45, 2.75) is 44.9 Å². The monoisotopic (exact) mass is 282 g/mol. The van der Waals surface area contributed by atoms with E-state index in [0.29, 0.717) is 18.3 Å². The van der Waals surface area contributed by atoms with Gasteiger partial charge in [-0.15, -0.1) is 0 Å².